The monoisotopic (exact) mass is 282 g/mol. The fraction of sp³-hybridized carbons (Fsp3) is 0.500. The standard InChI is InChI=1S/C14H19ClN2O2/c15-12-7-11(16)5-6-13(12)17-14(18)9-19-8-10-3-1-2-4-10/h5-7,10H,1-4,8-9,16H2,(H,17,18). The van der Waals surface area contributed by atoms with Crippen LogP contribution in [-0.4, -0.2) is 19.1 Å². The first-order valence-electron chi connectivity index (χ1n) is 6.58. The van der Waals surface area contributed by atoms with Crippen LogP contribution in [0.15, 0.2) is 18.2 Å². The molecule has 0 aromatic heterocycles. The van der Waals surface area contributed by atoms with Gasteiger partial charge >= 0.3 is 0 Å². The third-order valence-corrected chi connectivity index (χ3v) is 3.64. The van der Waals surface area contributed by atoms with Gasteiger partial charge < -0.3 is 15.8 Å². The number of nitrogens with one attached hydrogen (secondary N) is 1. The number of amides is 1. The van der Waals surface area contributed by atoms with Crippen LogP contribution in [0.4, 0.5) is 11.4 Å². The zero-order valence-corrected chi connectivity index (χ0v) is 11.6. The predicted molar refractivity (Wildman–Crippen MR) is 77.3 cm³/mol. The summed E-state index contributed by atoms with van der Waals surface area (Å²) in [6.07, 6.45) is 4.99. The van der Waals surface area contributed by atoms with Crippen molar-refractivity contribution in [2.45, 2.75) is 25.7 Å². The molecule has 4 nitrogen and oxygen atoms in total. The number of nitrogen functional groups attached to an aromatic ring is 1. The molecule has 1 aliphatic rings. The van der Waals surface area contributed by atoms with E-state index < -0.39 is 0 Å². The van der Waals surface area contributed by atoms with Crippen molar-refractivity contribution < 1.29 is 9.53 Å². The van der Waals surface area contributed by atoms with Gasteiger partial charge in [0.15, 0.2) is 0 Å². The van der Waals surface area contributed by atoms with E-state index in [0.717, 1.165) is 0 Å². The molecule has 1 fully saturated rings. The van der Waals surface area contributed by atoms with Crippen molar-refractivity contribution in [3.8, 4) is 0 Å². The van der Waals surface area contributed by atoms with Gasteiger partial charge in [-0.1, -0.05) is 24.4 Å². The molecule has 0 bridgehead atoms. The highest BCUT2D eigenvalue weighted by Gasteiger charge is 2.15. The van der Waals surface area contributed by atoms with Crippen molar-refractivity contribution >= 4 is 28.9 Å². The summed E-state index contributed by atoms with van der Waals surface area (Å²) in [4.78, 5) is 11.7. The average molecular weight is 283 g/mol. The number of ether oxygens (including phenoxy) is 1. The van der Waals surface area contributed by atoms with Crippen LogP contribution in [0.3, 0.4) is 0 Å². The van der Waals surface area contributed by atoms with Crippen LogP contribution < -0.4 is 11.1 Å². The number of halogens is 1. The Morgan fingerprint density at radius 2 is 2.16 bits per heavy atom. The molecule has 1 saturated carbocycles. The summed E-state index contributed by atoms with van der Waals surface area (Å²) < 4.78 is 5.44. The Hall–Kier alpha value is -1.26. The molecule has 19 heavy (non-hydrogen) atoms. The second-order valence-electron chi connectivity index (χ2n) is 4.95. The number of hydrogen-bond acceptors (Lipinski definition) is 3. The van der Waals surface area contributed by atoms with Gasteiger partial charge in [-0.2, -0.15) is 0 Å². The maximum atomic E-state index is 11.7. The van der Waals surface area contributed by atoms with E-state index in [0.29, 0.717) is 28.9 Å². The van der Waals surface area contributed by atoms with Gasteiger partial charge in [-0.05, 0) is 37.0 Å². The molecule has 1 aromatic carbocycles. The molecule has 3 N–H and O–H groups in total. The molecule has 0 aliphatic heterocycles. The zero-order chi connectivity index (χ0) is 13.7. The van der Waals surface area contributed by atoms with Gasteiger partial charge in [0.25, 0.3) is 0 Å². The fourth-order valence-corrected chi connectivity index (χ4v) is 2.55. The molecule has 2 rings (SSSR count). The van der Waals surface area contributed by atoms with Crippen molar-refractivity contribution in [2.24, 2.45) is 5.92 Å². The Balaban J connectivity index is 1.74. The van der Waals surface area contributed by atoms with Gasteiger partial charge in [-0.15, -0.1) is 0 Å². The molecule has 1 amide bonds. The van der Waals surface area contributed by atoms with Gasteiger partial charge in [-0.25, -0.2) is 0 Å². The van der Waals surface area contributed by atoms with Crippen LogP contribution in [0.1, 0.15) is 25.7 Å². The van der Waals surface area contributed by atoms with Crippen molar-refractivity contribution in [3.63, 3.8) is 0 Å². The van der Waals surface area contributed by atoms with Crippen LogP contribution in [0, 0.1) is 5.92 Å². The largest absolute Gasteiger partial charge is 0.399 e. The third kappa shape index (κ3) is 4.40. The van der Waals surface area contributed by atoms with Crippen LogP contribution in [0.5, 0.6) is 0 Å². The molecule has 0 radical (unpaired) electrons. The highest BCUT2D eigenvalue weighted by Crippen LogP contribution is 2.25. The Morgan fingerprint density at radius 1 is 1.42 bits per heavy atom. The molecular formula is C14H19ClN2O2. The Labute approximate surface area is 118 Å². The highest BCUT2D eigenvalue weighted by molar-refractivity contribution is 6.34. The lowest BCUT2D eigenvalue weighted by Gasteiger charge is -2.11. The van der Waals surface area contributed by atoms with E-state index in [1.165, 1.54) is 25.7 Å². The van der Waals surface area contributed by atoms with Gasteiger partial charge in [-0.3, -0.25) is 4.79 Å². The molecule has 0 unspecified atom stereocenters. The van der Waals surface area contributed by atoms with Crippen LogP contribution >= 0.6 is 11.6 Å². The molecule has 0 heterocycles. The summed E-state index contributed by atoms with van der Waals surface area (Å²) in [6, 6.07) is 4.99. The molecule has 0 atom stereocenters. The van der Waals surface area contributed by atoms with E-state index in [1.54, 1.807) is 18.2 Å². The first kappa shape index (κ1) is 14.2. The first-order valence-corrected chi connectivity index (χ1v) is 6.95. The average Bonchev–Trinajstić information content (AvgIpc) is 2.86. The van der Waals surface area contributed by atoms with E-state index in [4.69, 9.17) is 22.1 Å². The number of rotatable bonds is 5. The van der Waals surface area contributed by atoms with Crippen LogP contribution in [0.25, 0.3) is 0 Å². The minimum absolute atomic E-state index is 0.0667. The normalized spacial score (nSPS) is 15.6. The minimum Gasteiger partial charge on any atom is -0.399 e. The summed E-state index contributed by atoms with van der Waals surface area (Å²) in [5.74, 6) is 0.428. The predicted octanol–water partition coefficient (Wildman–Crippen LogP) is 3.07. The number of hydrogen-bond donors (Lipinski definition) is 2. The second-order valence-corrected chi connectivity index (χ2v) is 5.36. The minimum atomic E-state index is -0.190. The van der Waals surface area contributed by atoms with Crippen LogP contribution in [0.2, 0.25) is 5.02 Å². The summed E-state index contributed by atoms with van der Waals surface area (Å²) in [6.45, 7) is 0.736. The number of anilines is 2. The number of carbonyl (C=O) groups excluding carboxylic acids is 1. The molecular weight excluding hydrogens is 264 g/mol. The van der Waals surface area contributed by atoms with E-state index in [9.17, 15) is 4.79 Å². The molecule has 5 heteroatoms. The topological polar surface area (TPSA) is 64.3 Å². The van der Waals surface area contributed by atoms with E-state index >= 15 is 0 Å². The Morgan fingerprint density at radius 3 is 2.84 bits per heavy atom. The molecule has 0 spiro atoms. The SMILES string of the molecule is Nc1ccc(NC(=O)COCC2CCCC2)c(Cl)c1. The Bertz CT molecular complexity index is 445. The summed E-state index contributed by atoms with van der Waals surface area (Å²) >= 11 is 5.98. The van der Waals surface area contributed by atoms with E-state index in [1.807, 2.05) is 0 Å². The maximum Gasteiger partial charge on any atom is 0.250 e. The van der Waals surface area contributed by atoms with Crippen molar-refractivity contribution in [3.05, 3.63) is 23.2 Å². The Kier molecular flexibility index (Phi) is 5.05. The van der Waals surface area contributed by atoms with Crippen molar-refractivity contribution in [1.82, 2.24) is 0 Å². The maximum absolute atomic E-state index is 11.7. The number of carbonyl (C=O) groups is 1. The molecule has 104 valence electrons. The first-order chi connectivity index (χ1) is 9.15. The molecule has 0 saturated heterocycles. The van der Waals surface area contributed by atoms with Gasteiger partial charge in [0.05, 0.1) is 17.3 Å². The molecule has 1 aromatic rings. The third-order valence-electron chi connectivity index (χ3n) is 3.33. The van der Waals surface area contributed by atoms with Crippen molar-refractivity contribution in [2.75, 3.05) is 24.3 Å². The molecule has 1 aliphatic carbocycles. The van der Waals surface area contributed by atoms with E-state index in [2.05, 4.69) is 5.32 Å². The fourth-order valence-electron chi connectivity index (χ4n) is 2.31. The van der Waals surface area contributed by atoms with Crippen LogP contribution in [-0.2, 0) is 9.53 Å². The summed E-state index contributed by atoms with van der Waals surface area (Å²) in [5, 5.41) is 3.15. The van der Waals surface area contributed by atoms with E-state index in [-0.39, 0.29) is 12.5 Å². The zero-order valence-electron chi connectivity index (χ0n) is 10.8. The van der Waals surface area contributed by atoms with Gasteiger partial charge in [0, 0.05) is 5.69 Å². The number of benzene rings is 1. The van der Waals surface area contributed by atoms with Crippen molar-refractivity contribution in [1.29, 1.82) is 0 Å². The summed E-state index contributed by atoms with van der Waals surface area (Å²) in [7, 11) is 0. The smallest absolute Gasteiger partial charge is 0.250 e. The highest BCUT2D eigenvalue weighted by atomic mass is 35.5. The lowest BCUT2D eigenvalue weighted by Crippen LogP contribution is -2.20. The van der Waals surface area contributed by atoms with Gasteiger partial charge in [0.2, 0.25) is 5.91 Å². The summed E-state index contributed by atoms with van der Waals surface area (Å²) in [5.41, 5.74) is 6.72. The lowest BCUT2D eigenvalue weighted by atomic mass is 10.1. The second kappa shape index (κ2) is 6.78. The number of nitrogens with two attached hydrogens (primary N) is 1. The van der Waals surface area contributed by atoms with Gasteiger partial charge in [0.1, 0.15) is 6.61 Å². The lowest BCUT2D eigenvalue weighted by molar-refractivity contribution is -0.121. The quantitative estimate of drug-likeness (QED) is 0.816.